The highest BCUT2D eigenvalue weighted by atomic mass is 14.8. The van der Waals surface area contributed by atoms with Crippen LogP contribution >= 0.6 is 0 Å². The molecule has 14 heavy (non-hydrogen) atoms. The fourth-order valence-electron chi connectivity index (χ4n) is 1.83. The van der Waals surface area contributed by atoms with Crippen molar-refractivity contribution in [2.45, 2.75) is 20.8 Å². The fraction of sp³-hybridized carbons (Fsp3) is 0.455. The minimum Gasteiger partial charge on any atom is -0.397 e. The van der Waals surface area contributed by atoms with Crippen LogP contribution in [0, 0.1) is 11.3 Å². The van der Waals surface area contributed by atoms with E-state index >= 15 is 0 Å². The Balaban J connectivity index is 3.29. The summed E-state index contributed by atoms with van der Waals surface area (Å²) in [7, 11) is 1.67. The molecule has 0 radical (unpaired) electrons. The molecule has 1 aliphatic rings. The number of rotatable bonds is 1. The molecule has 0 aromatic rings. The van der Waals surface area contributed by atoms with Crippen LogP contribution in [0.5, 0.6) is 0 Å². The van der Waals surface area contributed by atoms with Gasteiger partial charge in [0.1, 0.15) is 5.71 Å². The molecule has 1 aliphatic carbocycles. The van der Waals surface area contributed by atoms with E-state index in [9.17, 15) is 0 Å². The van der Waals surface area contributed by atoms with Gasteiger partial charge in [-0.15, -0.1) is 0 Å². The zero-order chi connectivity index (χ0) is 10.9. The van der Waals surface area contributed by atoms with E-state index in [2.05, 4.69) is 18.8 Å². The van der Waals surface area contributed by atoms with Gasteiger partial charge in [0.05, 0.1) is 11.4 Å². The molecule has 0 unspecified atom stereocenters. The predicted octanol–water partition coefficient (Wildman–Crippen LogP) is 1.91. The first kappa shape index (κ1) is 10.7. The zero-order valence-corrected chi connectivity index (χ0v) is 9.18. The van der Waals surface area contributed by atoms with Crippen molar-refractivity contribution < 1.29 is 0 Å². The van der Waals surface area contributed by atoms with E-state index in [4.69, 9.17) is 11.1 Å². The standard InChI is InChI=1S/C11H17N3/c1-6(2)9-7(3)5-8(12)11(14-4)10(9)13/h5-6,13H,12H2,1-4H3. The van der Waals surface area contributed by atoms with Gasteiger partial charge in [0.25, 0.3) is 0 Å². The molecule has 3 nitrogen and oxygen atoms in total. The smallest absolute Gasteiger partial charge is 0.105 e. The van der Waals surface area contributed by atoms with Crippen LogP contribution in [0.25, 0.3) is 0 Å². The van der Waals surface area contributed by atoms with E-state index in [-0.39, 0.29) is 0 Å². The number of nitrogens with one attached hydrogen (secondary N) is 1. The van der Waals surface area contributed by atoms with E-state index in [0.717, 1.165) is 11.1 Å². The van der Waals surface area contributed by atoms with Crippen molar-refractivity contribution in [2.24, 2.45) is 16.6 Å². The molecule has 0 fully saturated rings. The van der Waals surface area contributed by atoms with Crippen LogP contribution in [-0.4, -0.2) is 18.5 Å². The minimum absolute atomic E-state index is 0.337. The van der Waals surface area contributed by atoms with Crippen molar-refractivity contribution >= 4 is 11.4 Å². The SMILES string of the molecule is CN=C1C(=N)C(C(C)C)=C(C)C=C1N. The van der Waals surface area contributed by atoms with E-state index < -0.39 is 0 Å². The van der Waals surface area contributed by atoms with E-state index in [1.165, 1.54) is 0 Å². The lowest BCUT2D eigenvalue weighted by Gasteiger charge is -2.21. The van der Waals surface area contributed by atoms with Crippen LogP contribution in [-0.2, 0) is 0 Å². The van der Waals surface area contributed by atoms with Gasteiger partial charge in [0.2, 0.25) is 0 Å². The molecule has 0 bridgehead atoms. The van der Waals surface area contributed by atoms with E-state index in [1.807, 2.05) is 13.0 Å². The molecule has 0 heterocycles. The molecule has 0 atom stereocenters. The Kier molecular flexibility index (Phi) is 2.89. The van der Waals surface area contributed by atoms with E-state index in [1.54, 1.807) is 7.05 Å². The Morgan fingerprint density at radius 3 is 2.43 bits per heavy atom. The summed E-state index contributed by atoms with van der Waals surface area (Å²) in [4.78, 5) is 4.04. The maximum atomic E-state index is 7.98. The highest BCUT2D eigenvalue weighted by Gasteiger charge is 2.22. The summed E-state index contributed by atoms with van der Waals surface area (Å²) in [5.41, 5.74) is 9.59. The first-order valence-corrected chi connectivity index (χ1v) is 4.73. The second-order valence-corrected chi connectivity index (χ2v) is 3.80. The van der Waals surface area contributed by atoms with Gasteiger partial charge in [-0.05, 0) is 30.1 Å². The zero-order valence-electron chi connectivity index (χ0n) is 9.18. The summed E-state index contributed by atoms with van der Waals surface area (Å²) in [6.07, 6.45) is 1.90. The molecule has 0 saturated heterocycles. The van der Waals surface area contributed by atoms with Crippen molar-refractivity contribution in [3.63, 3.8) is 0 Å². The molecular formula is C11H17N3. The van der Waals surface area contributed by atoms with Gasteiger partial charge in [0.15, 0.2) is 0 Å². The molecular weight excluding hydrogens is 174 g/mol. The molecule has 0 aliphatic heterocycles. The molecule has 3 N–H and O–H groups in total. The van der Waals surface area contributed by atoms with Crippen LogP contribution in [0.15, 0.2) is 27.9 Å². The third-order valence-corrected chi connectivity index (χ3v) is 2.38. The quantitative estimate of drug-likeness (QED) is 0.611. The summed E-state index contributed by atoms with van der Waals surface area (Å²) in [5, 5.41) is 7.98. The van der Waals surface area contributed by atoms with Crippen molar-refractivity contribution in [1.82, 2.24) is 0 Å². The fourth-order valence-corrected chi connectivity index (χ4v) is 1.83. The number of nitrogens with zero attached hydrogens (tertiary/aromatic N) is 1. The van der Waals surface area contributed by atoms with Crippen molar-refractivity contribution in [3.05, 3.63) is 22.9 Å². The average molecular weight is 191 g/mol. The molecule has 0 aromatic heterocycles. The van der Waals surface area contributed by atoms with Gasteiger partial charge in [-0.2, -0.15) is 0 Å². The second-order valence-electron chi connectivity index (χ2n) is 3.80. The monoisotopic (exact) mass is 191 g/mol. The van der Waals surface area contributed by atoms with Gasteiger partial charge < -0.3 is 5.73 Å². The molecule has 0 saturated carbocycles. The second kappa shape index (κ2) is 3.78. The molecule has 0 spiro atoms. The molecule has 3 heteroatoms. The molecule has 0 amide bonds. The summed E-state index contributed by atoms with van der Waals surface area (Å²) in [6.45, 7) is 6.15. The van der Waals surface area contributed by atoms with Crippen LogP contribution in [0.4, 0.5) is 0 Å². The maximum Gasteiger partial charge on any atom is 0.105 e. The summed E-state index contributed by atoms with van der Waals surface area (Å²) in [5.74, 6) is 0.337. The van der Waals surface area contributed by atoms with E-state index in [0.29, 0.717) is 23.0 Å². The lowest BCUT2D eigenvalue weighted by atomic mass is 9.86. The molecule has 1 rings (SSSR count). The van der Waals surface area contributed by atoms with Crippen LogP contribution in [0.3, 0.4) is 0 Å². The first-order chi connectivity index (χ1) is 6.49. The number of nitrogens with two attached hydrogens (primary N) is 1. The summed E-state index contributed by atoms with van der Waals surface area (Å²) >= 11 is 0. The van der Waals surface area contributed by atoms with Crippen molar-refractivity contribution in [3.8, 4) is 0 Å². The van der Waals surface area contributed by atoms with Crippen LogP contribution in [0.1, 0.15) is 20.8 Å². The lowest BCUT2D eigenvalue weighted by Crippen LogP contribution is -2.28. The minimum atomic E-state index is 0.337. The van der Waals surface area contributed by atoms with Crippen molar-refractivity contribution in [2.75, 3.05) is 7.05 Å². The number of hydrogen-bond acceptors (Lipinski definition) is 3. The largest absolute Gasteiger partial charge is 0.397 e. The summed E-state index contributed by atoms with van der Waals surface area (Å²) in [6, 6.07) is 0. The third-order valence-electron chi connectivity index (χ3n) is 2.38. The number of aliphatic imine (C=N–C) groups is 1. The van der Waals surface area contributed by atoms with Gasteiger partial charge in [-0.25, -0.2) is 0 Å². The number of allylic oxidation sites excluding steroid dienone is 4. The molecule has 0 aromatic carbocycles. The number of hydrogen-bond donors (Lipinski definition) is 2. The third kappa shape index (κ3) is 1.62. The van der Waals surface area contributed by atoms with Crippen LogP contribution in [0.2, 0.25) is 0 Å². The average Bonchev–Trinajstić information content (AvgIpc) is 2.02. The Labute approximate surface area is 84.9 Å². The Bertz CT molecular complexity index is 357. The molecule has 76 valence electrons. The Morgan fingerprint density at radius 2 is 2.00 bits per heavy atom. The Morgan fingerprint density at radius 1 is 1.43 bits per heavy atom. The van der Waals surface area contributed by atoms with Crippen LogP contribution < -0.4 is 5.73 Å². The van der Waals surface area contributed by atoms with Gasteiger partial charge >= 0.3 is 0 Å². The van der Waals surface area contributed by atoms with Gasteiger partial charge in [-0.3, -0.25) is 10.4 Å². The topological polar surface area (TPSA) is 62.2 Å². The summed E-state index contributed by atoms with van der Waals surface area (Å²) < 4.78 is 0. The highest BCUT2D eigenvalue weighted by Crippen LogP contribution is 2.23. The normalized spacial score (nSPS) is 20.8. The maximum absolute atomic E-state index is 7.98. The van der Waals surface area contributed by atoms with Gasteiger partial charge in [0, 0.05) is 7.05 Å². The first-order valence-electron chi connectivity index (χ1n) is 4.73. The Hall–Kier alpha value is -1.38. The van der Waals surface area contributed by atoms with Crippen molar-refractivity contribution in [1.29, 1.82) is 5.41 Å². The predicted molar refractivity (Wildman–Crippen MR) is 60.9 cm³/mol. The lowest BCUT2D eigenvalue weighted by molar-refractivity contribution is 0.794. The highest BCUT2D eigenvalue weighted by molar-refractivity contribution is 6.53. The van der Waals surface area contributed by atoms with Gasteiger partial charge in [-0.1, -0.05) is 13.8 Å².